The summed E-state index contributed by atoms with van der Waals surface area (Å²) >= 11 is 0. The van der Waals surface area contributed by atoms with E-state index in [4.69, 9.17) is 4.74 Å². The average Bonchev–Trinajstić information content (AvgIpc) is 3.26. The standard InChI is InChI=1S/C31H29N3O4S/c1-31(2,3)22-14-17-25(18-15-22)39(36,37)34-24-16-19-27-26(20-24)28(21-10-6-4-7-11-21)29(33-27)38-30(35)32-23-12-8-5-9-13-23/h4-20,33-34H,1-3H3,(H,32,35). The molecule has 0 saturated carbocycles. The van der Waals surface area contributed by atoms with E-state index in [9.17, 15) is 13.2 Å². The smallest absolute Gasteiger partial charge is 0.392 e. The molecule has 3 N–H and O–H groups in total. The Bertz CT molecular complexity index is 1720. The van der Waals surface area contributed by atoms with Crippen molar-refractivity contribution in [2.24, 2.45) is 0 Å². The Morgan fingerprint density at radius 3 is 2.08 bits per heavy atom. The number of hydrogen-bond acceptors (Lipinski definition) is 4. The summed E-state index contributed by atoms with van der Waals surface area (Å²) in [6, 6.07) is 30.5. The summed E-state index contributed by atoms with van der Waals surface area (Å²) in [7, 11) is -3.82. The molecule has 39 heavy (non-hydrogen) atoms. The molecule has 5 rings (SSSR count). The lowest BCUT2D eigenvalue weighted by Crippen LogP contribution is -2.17. The number of carbonyl (C=O) groups is 1. The second-order valence-electron chi connectivity index (χ2n) is 10.2. The van der Waals surface area contributed by atoms with Crippen LogP contribution in [0.3, 0.4) is 0 Å². The summed E-state index contributed by atoms with van der Waals surface area (Å²) in [5, 5.41) is 3.42. The molecular weight excluding hydrogens is 510 g/mol. The number of aromatic nitrogens is 1. The normalized spacial score (nSPS) is 11.8. The molecule has 4 aromatic carbocycles. The zero-order valence-electron chi connectivity index (χ0n) is 21.9. The fraction of sp³-hybridized carbons (Fsp3) is 0.129. The lowest BCUT2D eigenvalue weighted by Gasteiger charge is -2.19. The minimum Gasteiger partial charge on any atom is -0.392 e. The quantitative estimate of drug-likeness (QED) is 0.207. The van der Waals surface area contributed by atoms with E-state index in [1.54, 1.807) is 42.5 Å². The van der Waals surface area contributed by atoms with Gasteiger partial charge >= 0.3 is 6.09 Å². The van der Waals surface area contributed by atoms with Crippen molar-refractivity contribution in [1.82, 2.24) is 4.98 Å². The minimum atomic E-state index is -3.82. The lowest BCUT2D eigenvalue weighted by molar-refractivity contribution is 0.214. The highest BCUT2D eigenvalue weighted by atomic mass is 32.2. The third kappa shape index (κ3) is 5.81. The number of carbonyl (C=O) groups excluding carboxylic acids is 1. The molecular formula is C31H29N3O4S. The van der Waals surface area contributed by atoms with Gasteiger partial charge in [-0.05, 0) is 59.0 Å². The van der Waals surface area contributed by atoms with Gasteiger partial charge in [0.15, 0.2) is 0 Å². The van der Waals surface area contributed by atoms with E-state index in [0.717, 1.165) is 11.1 Å². The van der Waals surface area contributed by atoms with Crippen LogP contribution < -0.4 is 14.8 Å². The van der Waals surface area contributed by atoms with E-state index < -0.39 is 16.1 Å². The van der Waals surface area contributed by atoms with E-state index in [2.05, 4.69) is 35.8 Å². The second kappa shape index (κ2) is 10.3. The molecule has 8 heteroatoms. The Balaban J connectivity index is 1.48. The fourth-order valence-corrected chi connectivity index (χ4v) is 5.35. The first kappa shape index (κ1) is 26.1. The van der Waals surface area contributed by atoms with Gasteiger partial charge < -0.3 is 9.72 Å². The van der Waals surface area contributed by atoms with Crippen LogP contribution >= 0.6 is 0 Å². The fourth-order valence-electron chi connectivity index (χ4n) is 4.30. The van der Waals surface area contributed by atoms with E-state index in [-0.39, 0.29) is 16.2 Å². The molecule has 7 nitrogen and oxygen atoms in total. The van der Waals surface area contributed by atoms with Crippen LogP contribution in [0.15, 0.2) is 108 Å². The van der Waals surface area contributed by atoms with E-state index in [1.807, 2.05) is 60.7 Å². The van der Waals surface area contributed by atoms with Crippen molar-refractivity contribution in [2.75, 3.05) is 10.0 Å². The maximum absolute atomic E-state index is 13.2. The molecule has 0 atom stereocenters. The molecule has 0 unspecified atom stereocenters. The second-order valence-corrected chi connectivity index (χ2v) is 11.9. The van der Waals surface area contributed by atoms with Crippen molar-refractivity contribution >= 4 is 38.4 Å². The molecule has 1 heterocycles. The first-order chi connectivity index (χ1) is 18.6. The van der Waals surface area contributed by atoms with Gasteiger partial charge in [0, 0.05) is 22.3 Å². The van der Waals surface area contributed by atoms with Crippen LogP contribution in [0, 0.1) is 0 Å². The maximum atomic E-state index is 13.2. The van der Waals surface area contributed by atoms with Gasteiger partial charge in [-0.15, -0.1) is 0 Å². The Morgan fingerprint density at radius 2 is 1.44 bits per heavy atom. The number of para-hydroxylation sites is 1. The Labute approximate surface area is 227 Å². The van der Waals surface area contributed by atoms with Crippen LogP contribution in [0.5, 0.6) is 5.88 Å². The summed E-state index contributed by atoms with van der Waals surface area (Å²) in [6.45, 7) is 6.23. The molecule has 1 aromatic heterocycles. The largest absolute Gasteiger partial charge is 0.418 e. The third-order valence-electron chi connectivity index (χ3n) is 6.32. The third-order valence-corrected chi connectivity index (χ3v) is 7.72. The van der Waals surface area contributed by atoms with Crippen LogP contribution in [-0.2, 0) is 15.4 Å². The van der Waals surface area contributed by atoms with Gasteiger partial charge in [-0.2, -0.15) is 0 Å². The van der Waals surface area contributed by atoms with Crippen molar-refractivity contribution in [1.29, 1.82) is 0 Å². The highest BCUT2D eigenvalue weighted by Gasteiger charge is 2.21. The molecule has 0 spiro atoms. The van der Waals surface area contributed by atoms with Crippen LogP contribution in [0.4, 0.5) is 16.2 Å². The summed E-state index contributed by atoms with van der Waals surface area (Å²) in [6.07, 6.45) is -0.649. The molecule has 0 radical (unpaired) electrons. The van der Waals surface area contributed by atoms with Crippen molar-refractivity contribution in [2.45, 2.75) is 31.1 Å². The number of amides is 1. The SMILES string of the molecule is CC(C)(C)c1ccc(S(=O)(=O)Nc2ccc3[nH]c(OC(=O)Nc4ccccc4)c(-c4ccccc4)c3c2)cc1. The lowest BCUT2D eigenvalue weighted by atomic mass is 9.87. The Kier molecular flexibility index (Phi) is 6.89. The van der Waals surface area contributed by atoms with Crippen molar-refractivity contribution in [3.63, 3.8) is 0 Å². The number of aromatic amines is 1. The summed E-state index contributed by atoms with van der Waals surface area (Å²) in [5.41, 5.74) is 4.10. The highest BCUT2D eigenvalue weighted by Crippen LogP contribution is 2.39. The number of anilines is 2. The topological polar surface area (TPSA) is 100 Å². The average molecular weight is 540 g/mol. The number of ether oxygens (including phenoxy) is 1. The van der Waals surface area contributed by atoms with Crippen LogP contribution in [0.1, 0.15) is 26.3 Å². The zero-order valence-corrected chi connectivity index (χ0v) is 22.7. The van der Waals surface area contributed by atoms with Crippen molar-refractivity contribution in [3.05, 3.63) is 109 Å². The number of H-pyrrole nitrogens is 1. The number of sulfonamides is 1. The van der Waals surface area contributed by atoms with Gasteiger partial charge in [0.2, 0.25) is 5.88 Å². The summed E-state index contributed by atoms with van der Waals surface area (Å²) in [4.78, 5) is 16.0. The number of nitrogens with one attached hydrogen (secondary N) is 3. The Morgan fingerprint density at radius 1 is 0.795 bits per heavy atom. The van der Waals surface area contributed by atoms with Gasteiger partial charge in [-0.3, -0.25) is 10.0 Å². The van der Waals surface area contributed by atoms with Crippen molar-refractivity contribution < 1.29 is 17.9 Å². The minimum absolute atomic E-state index is 0.0827. The van der Waals surface area contributed by atoms with Crippen LogP contribution in [-0.4, -0.2) is 19.5 Å². The summed E-state index contributed by atoms with van der Waals surface area (Å²) in [5.74, 6) is 0.252. The van der Waals surface area contributed by atoms with Gasteiger partial charge in [0.05, 0.1) is 10.5 Å². The van der Waals surface area contributed by atoms with E-state index in [0.29, 0.717) is 27.8 Å². The molecule has 1 amide bonds. The molecule has 0 aliphatic heterocycles. The number of hydrogen-bond donors (Lipinski definition) is 3. The maximum Gasteiger partial charge on any atom is 0.418 e. The monoisotopic (exact) mass is 539 g/mol. The van der Waals surface area contributed by atoms with Gasteiger partial charge in [-0.1, -0.05) is 81.4 Å². The Hall–Kier alpha value is -4.56. The zero-order chi connectivity index (χ0) is 27.6. The molecule has 198 valence electrons. The predicted octanol–water partition coefficient (Wildman–Crippen LogP) is 7.54. The number of fused-ring (bicyclic) bond motifs is 1. The van der Waals surface area contributed by atoms with E-state index >= 15 is 0 Å². The molecule has 0 aliphatic rings. The molecule has 0 aliphatic carbocycles. The number of benzene rings is 4. The van der Waals surface area contributed by atoms with E-state index in [1.165, 1.54) is 0 Å². The number of rotatable bonds is 6. The van der Waals surface area contributed by atoms with Crippen LogP contribution in [0.2, 0.25) is 0 Å². The first-order valence-corrected chi connectivity index (χ1v) is 14.0. The van der Waals surface area contributed by atoms with Gasteiger partial charge in [0.25, 0.3) is 10.0 Å². The molecule has 0 bridgehead atoms. The molecule has 5 aromatic rings. The van der Waals surface area contributed by atoms with Gasteiger partial charge in [0.1, 0.15) is 0 Å². The summed E-state index contributed by atoms with van der Waals surface area (Å²) < 4.78 is 34.7. The highest BCUT2D eigenvalue weighted by molar-refractivity contribution is 7.92. The van der Waals surface area contributed by atoms with Crippen LogP contribution in [0.25, 0.3) is 22.0 Å². The van der Waals surface area contributed by atoms with Gasteiger partial charge in [-0.25, -0.2) is 13.2 Å². The molecule has 0 saturated heterocycles. The predicted molar refractivity (Wildman–Crippen MR) is 156 cm³/mol. The first-order valence-electron chi connectivity index (χ1n) is 12.5. The molecule has 0 fully saturated rings. The van der Waals surface area contributed by atoms with Crippen molar-refractivity contribution in [3.8, 4) is 17.0 Å².